The van der Waals surface area contributed by atoms with Crippen molar-refractivity contribution in [2.75, 3.05) is 0 Å². The van der Waals surface area contributed by atoms with E-state index in [-0.39, 0.29) is 0 Å². The summed E-state index contributed by atoms with van der Waals surface area (Å²) in [6, 6.07) is 0. The van der Waals surface area contributed by atoms with Gasteiger partial charge in [-0.15, -0.1) is 5.53 Å². The molecule has 0 aromatic carbocycles. The van der Waals surface area contributed by atoms with Crippen molar-refractivity contribution in [2.45, 2.75) is 0 Å². The summed E-state index contributed by atoms with van der Waals surface area (Å²) in [4.78, 5) is 37.4. The number of hydrazine groups is 1. The van der Waals surface area contributed by atoms with Gasteiger partial charge >= 0.3 is 11.9 Å². The Bertz CT molecular complexity index is 517. The quantitative estimate of drug-likeness (QED) is 0.191. The molecule has 0 spiro atoms. The molecule has 0 aliphatic carbocycles. The molecule has 0 aromatic heterocycles. The Morgan fingerprint density at radius 2 is 1.40 bits per heavy atom. The molecule has 2 N–H and O–H groups in total. The van der Waals surface area contributed by atoms with Gasteiger partial charge in [-0.05, 0) is 9.85 Å². The van der Waals surface area contributed by atoms with Crippen molar-refractivity contribution < 1.29 is 19.9 Å². The first-order valence-electron chi connectivity index (χ1n) is 3.90. The monoisotopic (exact) mass is 294 g/mol. The molecule has 18 nitrogen and oxygen atoms in total. The largest absolute Gasteiger partial charge is 0.563 e. The van der Waals surface area contributed by atoms with Crippen LogP contribution in [-0.2, 0) is 0 Å². The molecule has 0 radical (unpaired) electrons. The lowest BCUT2D eigenvalue weighted by atomic mass is 11.0. The predicted molar refractivity (Wildman–Crippen MR) is 54.0 cm³/mol. The maximum Gasteiger partial charge on any atom is 0.563 e. The van der Waals surface area contributed by atoms with Crippen LogP contribution in [0.3, 0.4) is 0 Å². The number of guanidine groups is 2. The zero-order chi connectivity index (χ0) is 15.7. The molecule has 0 heterocycles. The molecule has 20 heavy (non-hydrogen) atoms. The van der Waals surface area contributed by atoms with E-state index >= 15 is 0 Å². The highest BCUT2D eigenvalue weighted by Gasteiger charge is 2.20. The van der Waals surface area contributed by atoms with Gasteiger partial charge in [0.2, 0.25) is 0 Å². The topological polar surface area (TPSA) is 246 Å². The number of nitrogens with zero attached hydrogens (tertiary/aromatic N) is 8. The minimum atomic E-state index is -1.54. The van der Waals surface area contributed by atoms with Crippen molar-refractivity contribution in [2.24, 2.45) is 20.5 Å². The maximum atomic E-state index is 10.2. The normalized spacial score (nSPS) is 12.0. The third kappa shape index (κ3) is 6.66. The molecule has 0 saturated heterocycles. The van der Waals surface area contributed by atoms with E-state index in [9.17, 15) is 40.5 Å². The van der Waals surface area contributed by atoms with Gasteiger partial charge in [-0.25, -0.2) is 20.2 Å². The lowest BCUT2D eigenvalue weighted by Gasteiger charge is -1.95. The van der Waals surface area contributed by atoms with Crippen molar-refractivity contribution in [3.05, 3.63) is 40.5 Å². The first-order chi connectivity index (χ1) is 9.23. The lowest BCUT2D eigenvalue weighted by molar-refractivity contribution is -0.496. The third-order valence-corrected chi connectivity index (χ3v) is 1.04. The summed E-state index contributed by atoms with van der Waals surface area (Å²) in [5.41, 5.74) is 2.90. The number of hydrazone groups is 2. The first kappa shape index (κ1) is 16.1. The number of hydrogen-bond donors (Lipinski definition) is 2. The van der Waals surface area contributed by atoms with Crippen LogP contribution in [0.5, 0.6) is 0 Å². The fourth-order valence-corrected chi connectivity index (χ4v) is 0.495. The molecule has 108 valence electrons. The zero-order valence-corrected chi connectivity index (χ0v) is 8.84. The number of nitro groups is 4. The third-order valence-electron chi connectivity index (χ3n) is 1.04. The molecule has 0 aromatic rings. The molecule has 0 bridgehead atoms. The van der Waals surface area contributed by atoms with E-state index in [2.05, 4.69) is 20.5 Å². The first-order valence-corrected chi connectivity index (χ1v) is 3.90. The van der Waals surface area contributed by atoms with Crippen LogP contribution in [0.15, 0.2) is 20.5 Å². The van der Waals surface area contributed by atoms with Gasteiger partial charge < -0.3 is 20.2 Å². The zero-order valence-electron chi connectivity index (χ0n) is 8.84. The van der Waals surface area contributed by atoms with E-state index in [1.54, 1.807) is 0 Å². The van der Waals surface area contributed by atoms with Gasteiger partial charge in [0.25, 0.3) is 20.3 Å². The molecule has 0 unspecified atom stereocenters. The van der Waals surface area contributed by atoms with Crippen LogP contribution in [-0.4, -0.2) is 31.8 Å². The summed E-state index contributed by atoms with van der Waals surface area (Å²) in [5.74, 6) is -2.96. The van der Waals surface area contributed by atoms with Crippen molar-refractivity contribution >= 4 is 11.9 Å². The van der Waals surface area contributed by atoms with Crippen molar-refractivity contribution in [3.8, 4) is 0 Å². The Labute approximate surface area is 105 Å². The number of nitrogens with one attached hydrogen (secondary N) is 2. The van der Waals surface area contributed by atoms with Gasteiger partial charge in [0, 0.05) is 5.22 Å². The highest BCUT2D eigenvalue weighted by Crippen LogP contribution is 1.85. The fraction of sp³-hybridized carbons (Fsp3) is 0. The number of hydrogen-bond acceptors (Lipinski definition) is 9. The molecule has 0 rings (SSSR count). The fourth-order valence-electron chi connectivity index (χ4n) is 0.495. The van der Waals surface area contributed by atoms with E-state index in [0.29, 0.717) is 0 Å². The van der Waals surface area contributed by atoms with Gasteiger partial charge in [-0.3, -0.25) is 0 Å². The molecule has 0 aliphatic rings. The molecular weight excluding hydrogens is 292 g/mol. The van der Waals surface area contributed by atoms with E-state index in [4.69, 9.17) is 0 Å². The summed E-state index contributed by atoms with van der Waals surface area (Å²) in [6.07, 6.45) is 0. The van der Waals surface area contributed by atoms with Crippen LogP contribution in [0, 0.1) is 40.5 Å². The van der Waals surface area contributed by atoms with Gasteiger partial charge in [0.1, 0.15) is 0 Å². The standard InChI is InChI=1S/C2H2N10O8/c13-9(14)1(5-11(17)18)3-7-8-4-2(10(15)16)6-12(19)20/h(H,3,5,8)(H,4,6,7). The Kier molecular flexibility index (Phi) is 6.02. The second kappa shape index (κ2) is 7.46. The van der Waals surface area contributed by atoms with Crippen LogP contribution in [0.2, 0.25) is 0 Å². The van der Waals surface area contributed by atoms with E-state index in [1.165, 1.54) is 11.0 Å². The molecule has 0 aliphatic heterocycles. The van der Waals surface area contributed by atoms with Crippen LogP contribution in [0.4, 0.5) is 0 Å². The van der Waals surface area contributed by atoms with Gasteiger partial charge in [-0.2, -0.15) is 5.43 Å². The van der Waals surface area contributed by atoms with E-state index < -0.39 is 31.8 Å². The highest BCUT2D eigenvalue weighted by atomic mass is 16.7. The van der Waals surface area contributed by atoms with Crippen molar-refractivity contribution in [1.29, 1.82) is 0 Å². The van der Waals surface area contributed by atoms with Crippen LogP contribution in [0.25, 0.3) is 0 Å². The van der Waals surface area contributed by atoms with Crippen LogP contribution in [0.1, 0.15) is 0 Å². The minimum Gasteiger partial charge on any atom is -0.390 e. The summed E-state index contributed by atoms with van der Waals surface area (Å²) in [7, 11) is 0. The highest BCUT2D eigenvalue weighted by molar-refractivity contribution is 5.71. The molecule has 0 saturated carbocycles. The van der Waals surface area contributed by atoms with E-state index in [0.717, 1.165) is 0 Å². The number of rotatable bonds is 4. The van der Waals surface area contributed by atoms with Crippen molar-refractivity contribution in [1.82, 2.24) is 11.0 Å². The lowest BCUT2D eigenvalue weighted by Crippen LogP contribution is -2.39. The smallest absolute Gasteiger partial charge is 0.390 e. The average Bonchev–Trinajstić information content (AvgIpc) is 2.29. The van der Waals surface area contributed by atoms with Gasteiger partial charge in [-0.1, -0.05) is 0 Å². The maximum absolute atomic E-state index is 10.2. The van der Waals surface area contributed by atoms with Gasteiger partial charge in [0.15, 0.2) is 0 Å². The SMILES string of the molecule is O=[N+]([O-])/N=C(\N=N\NN/C(=N\[N+](=O)[O-])[N+](=O)[O-])[N+](=O)[O-]. The van der Waals surface area contributed by atoms with E-state index in [1.807, 2.05) is 0 Å². The Morgan fingerprint density at radius 1 is 0.850 bits per heavy atom. The Balaban J connectivity index is 4.72. The van der Waals surface area contributed by atoms with Crippen molar-refractivity contribution in [3.63, 3.8) is 0 Å². The Morgan fingerprint density at radius 3 is 1.80 bits per heavy atom. The molecule has 0 amide bonds. The van der Waals surface area contributed by atoms with Gasteiger partial charge in [0.05, 0.1) is 5.11 Å². The summed E-state index contributed by atoms with van der Waals surface area (Å²) in [6.45, 7) is 0. The summed E-state index contributed by atoms with van der Waals surface area (Å²) in [5, 5.41) is 47.0. The molecule has 0 atom stereocenters. The Hall–Kier alpha value is -3.86. The second-order valence-corrected chi connectivity index (χ2v) is 2.25. The average molecular weight is 294 g/mol. The molecular formula is C2H2N10O8. The predicted octanol–water partition coefficient (Wildman–Crippen LogP) is -1.90. The minimum absolute atomic E-state index is 1.31. The summed E-state index contributed by atoms with van der Waals surface area (Å²) < 4.78 is 0. The van der Waals surface area contributed by atoms with Crippen LogP contribution < -0.4 is 11.0 Å². The molecule has 18 heteroatoms. The molecule has 0 fully saturated rings. The van der Waals surface area contributed by atoms with Crippen LogP contribution >= 0.6 is 0 Å². The summed E-state index contributed by atoms with van der Waals surface area (Å²) >= 11 is 0. The second-order valence-electron chi connectivity index (χ2n) is 2.25.